The van der Waals surface area contributed by atoms with E-state index in [1.165, 1.54) is 42.5 Å². The predicted molar refractivity (Wildman–Crippen MR) is 146 cm³/mol. The minimum Gasteiger partial charge on any atom is -0.327 e. The van der Waals surface area contributed by atoms with Gasteiger partial charge in [-0.25, -0.2) is 0 Å². The van der Waals surface area contributed by atoms with Crippen molar-refractivity contribution < 1.29 is 0 Å². The van der Waals surface area contributed by atoms with E-state index in [-0.39, 0.29) is 9.70 Å². The van der Waals surface area contributed by atoms with Crippen molar-refractivity contribution in [1.82, 2.24) is 4.98 Å². The smallest absolute Gasteiger partial charge is 0.201 e. The van der Waals surface area contributed by atoms with Crippen LogP contribution in [0.2, 0.25) is 22.8 Å². The van der Waals surface area contributed by atoms with E-state index in [1.54, 1.807) is 0 Å². The molecule has 3 heteroatoms. The summed E-state index contributed by atoms with van der Waals surface area (Å²) in [7, 11) is -4.34. The van der Waals surface area contributed by atoms with Crippen molar-refractivity contribution in [3.05, 3.63) is 85.0 Å². The van der Waals surface area contributed by atoms with Crippen LogP contribution >= 0.6 is 0 Å². The molecule has 0 unspecified atom stereocenters. The molecule has 0 amide bonds. The average molecular weight is 460 g/mol. The van der Waals surface area contributed by atoms with Crippen LogP contribution < -0.4 is 15.4 Å². The Hall–Kier alpha value is -1.69. The Kier molecular flexibility index (Phi) is 6.55. The molecule has 4 rings (SSSR count). The lowest BCUT2D eigenvalue weighted by molar-refractivity contribution is 0.414. The molecule has 0 radical (unpaired) electrons. The summed E-state index contributed by atoms with van der Waals surface area (Å²) in [5.74, 6) is 0. The van der Waals surface area contributed by atoms with Gasteiger partial charge in [-0.2, -0.15) is 0 Å². The first-order chi connectivity index (χ1) is 15.2. The Morgan fingerprint density at radius 3 is 1.66 bits per heavy atom. The molecule has 2 aromatic carbocycles. The standard InChI is InChI=1S/C29H41NSi2/c1-28(2,3)31(4,5)29(23-15-16-24-29)32(26-19-11-7-12-20-26,27-21-13-8-14-22-27)30-25-17-9-6-10-18-25/h7-8,11-16,19-25,30H,6,9-10,17-18H2,1-5H3. The molecule has 32 heavy (non-hydrogen) atoms. The summed E-state index contributed by atoms with van der Waals surface area (Å²) < 4.78 is 0.0540. The van der Waals surface area contributed by atoms with E-state index >= 15 is 0 Å². The highest BCUT2D eigenvalue weighted by Crippen LogP contribution is 2.58. The molecule has 1 N–H and O–H groups in total. The Balaban J connectivity index is 2.06. The van der Waals surface area contributed by atoms with Gasteiger partial charge in [0.25, 0.3) is 0 Å². The lowest BCUT2D eigenvalue weighted by atomic mass is 9.96. The van der Waals surface area contributed by atoms with Gasteiger partial charge in [0.05, 0.1) is 8.07 Å². The fraction of sp³-hybridized carbons (Fsp3) is 0.448. The zero-order valence-corrected chi connectivity index (χ0v) is 22.7. The lowest BCUT2D eigenvalue weighted by Gasteiger charge is -2.59. The molecule has 0 spiro atoms. The Morgan fingerprint density at radius 2 is 1.22 bits per heavy atom. The van der Waals surface area contributed by atoms with Gasteiger partial charge in [0.15, 0.2) is 0 Å². The number of rotatable bonds is 6. The van der Waals surface area contributed by atoms with Crippen molar-refractivity contribution in [2.24, 2.45) is 0 Å². The fourth-order valence-electron chi connectivity index (χ4n) is 6.09. The molecular weight excluding hydrogens is 418 g/mol. The van der Waals surface area contributed by atoms with E-state index in [1.807, 2.05) is 0 Å². The topological polar surface area (TPSA) is 12.0 Å². The van der Waals surface area contributed by atoms with Crippen molar-refractivity contribution in [3.8, 4) is 0 Å². The fourth-order valence-corrected chi connectivity index (χ4v) is 19.1. The monoisotopic (exact) mass is 459 g/mol. The number of hydrogen-bond donors (Lipinski definition) is 1. The molecule has 0 bridgehead atoms. The molecule has 1 fully saturated rings. The molecule has 2 aliphatic carbocycles. The van der Waals surface area contributed by atoms with Crippen molar-refractivity contribution in [3.63, 3.8) is 0 Å². The second kappa shape index (κ2) is 8.92. The SMILES string of the molecule is CC(C)(C)[Si](C)(C)C1([Si](NC2CCCCC2)(c2ccccc2)c2ccccc2)C=CC=C1. The first kappa shape index (κ1) is 23.5. The van der Waals surface area contributed by atoms with Crippen molar-refractivity contribution in [2.45, 2.75) is 81.7 Å². The lowest BCUT2D eigenvalue weighted by Crippen LogP contribution is -2.81. The zero-order chi connectivity index (χ0) is 22.9. The third kappa shape index (κ3) is 3.72. The first-order valence-corrected chi connectivity index (χ1v) is 17.5. The van der Waals surface area contributed by atoms with Crippen LogP contribution in [0.1, 0.15) is 52.9 Å². The molecule has 0 heterocycles. The Morgan fingerprint density at radius 1 is 0.750 bits per heavy atom. The molecule has 0 aliphatic heterocycles. The Bertz CT molecular complexity index is 896. The predicted octanol–water partition coefficient (Wildman–Crippen LogP) is 6.58. The van der Waals surface area contributed by atoms with Gasteiger partial charge >= 0.3 is 0 Å². The van der Waals surface area contributed by atoms with E-state index in [4.69, 9.17) is 0 Å². The number of hydrogen-bond acceptors (Lipinski definition) is 1. The van der Waals surface area contributed by atoms with Gasteiger partial charge in [-0.3, -0.25) is 0 Å². The second-order valence-electron chi connectivity index (χ2n) is 11.4. The highest BCUT2D eigenvalue weighted by Gasteiger charge is 2.65. The average Bonchev–Trinajstić information content (AvgIpc) is 3.31. The quantitative estimate of drug-likeness (QED) is 0.481. The third-order valence-corrected chi connectivity index (χ3v) is 22.8. The summed E-state index contributed by atoms with van der Waals surface area (Å²) in [6.07, 6.45) is 16.6. The van der Waals surface area contributed by atoms with Crippen LogP contribution in [0, 0.1) is 0 Å². The summed E-state index contributed by atoms with van der Waals surface area (Å²) in [5.41, 5.74) is 0. The van der Waals surface area contributed by atoms with Crippen LogP contribution in [0.3, 0.4) is 0 Å². The minimum absolute atomic E-state index is 0.0540. The molecule has 2 aromatic rings. The molecule has 170 valence electrons. The van der Waals surface area contributed by atoms with E-state index in [0.29, 0.717) is 6.04 Å². The maximum Gasteiger partial charge on any atom is 0.201 e. The maximum atomic E-state index is 4.53. The molecule has 1 saturated carbocycles. The van der Waals surface area contributed by atoms with Gasteiger partial charge in [-0.1, -0.05) is 138 Å². The first-order valence-electron chi connectivity index (χ1n) is 12.5. The molecule has 0 atom stereocenters. The summed E-state index contributed by atoms with van der Waals surface area (Å²) in [5, 5.41) is 3.32. The van der Waals surface area contributed by atoms with E-state index < -0.39 is 16.3 Å². The van der Waals surface area contributed by atoms with Crippen molar-refractivity contribution in [2.75, 3.05) is 0 Å². The van der Waals surface area contributed by atoms with Gasteiger partial charge in [-0.15, -0.1) is 0 Å². The Labute approximate surface area is 198 Å². The van der Waals surface area contributed by atoms with Gasteiger partial charge in [0.1, 0.15) is 0 Å². The van der Waals surface area contributed by atoms with Crippen LogP contribution in [0.5, 0.6) is 0 Å². The van der Waals surface area contributed by atoms with Crippen LogP contribution in [0.25, 0.3) is 0 Å². The summed E-state index contributed by atoms with van der Waals surface area (Å²) in [6.45, 7) is 12.7. The summed E-state index contributed by atoms with van der Waals surface area (Å²) >= 11 is 0. The van der Waals surface area contributed by atoms with Gasteiger partial charge in [0.2, 0.25) is 8.24 Å². The summed E-state index contributed by atoms with van der Waals surface area (Å²) in [6, 6.07) is 23.6. The van der Waals surface area contributed by atoms with Crippen LogP contribution in [0.15, 0.2) is 85.0 Å². The van der Waals surface area contributed by atoms with Gasteiger partial charge in [-0.05, 0) is 28.3 Å². The largest absolute Gasteiger partial charge is 0.327 e. The minimum atomic E-state index is -2.46. The number of benzene rings is 2. The van der Waals surface area contributed by atoms with Crippen molar-refractivity contribution >= 4 is 26.7 Å². The summed E-state index contributed by atoms with van der Waals surface area (Å²) in [4.78, 5) is 4.53. The maximum absolute atomic E-state index is 4.53. The number of allylic oxidation sites excluding steroid dienone is 4. The highest BCUT2D eigenvalue weighted by atomic mass is 28.4. The normalized spacial score (nSPS) is 19.4. The van der Waals surface area contributed by atoms with E-state index in [2.05, 4.69) is 124 Å². The van der Waals surface area contributed by atoms with E-state index in [0.717, 1.165) is 0 Å². The highest BCUT2D eigenvalue weighted by molar-refractivity contribution is 7.14. The second-order valence-corrected chi connectivity index (χ2v) is 21.3. The van der Waals surface area contributed by atoms with Crippen molar-refractivity contribution in [1.29, 1.82) is 0 Å². The van der Waals surface area contributed by atoms with Gasteiger partial charge in [0, 0.05) is 10.7 Å². The van der Waals surface area contributed by atoms with Gasteiger partial charge < -0.3 is 4.98 Å². The van der Waals surface area contributed by atoms with E-state index in [9.17, 15) is 0 Å². The zero-order valence-electron chi connectivity index (χ0n) is 20.7. The molecular formula is C29H41NSi2. The van der Waals surface area contributed by atoms with Crippen LogP contribution in [0.4, 0.5) is 0 Å². The third-order valence-electron chi connectivity index (χ3n) is 8.80. The molecule has 0 saturated heterocycles. The van der Waals surface area contributed by atoms with Crippen LogP contribution in [-0.4, -0.2) is 22.4 Å². The molecule has 2 aliphatic rings. The molecule has 1 nitrogen and oxygen atoms in total. The van der Waals surface area contributed by atoms with Crippen LogP contribution in [-0.2, 0) is 0 Å². The molecule has 0 aromatic heterocycles. The number of nitrogens with one attached hydrogen (secondary N) is 1.